The van der Waals surface area contributed by atoms with Gasteiger partial charge in [0.1, 0.15) is 5.76 Å². The van der Waals surface area contributed by atoms with Gasteiger partial charge >= 0.3 is 5.97 Å². The van der Waals surface area contributed by atoms with Gasteiger partial charge in [-0.15, -0.1) is 0 Å². The summed E-state index contributed by atoms with van der Waals surface area (Å²) in [5, 5.41) is 0. The van der Waals surface area contributed by atoms with Gasteiger partial charge in [0, 0.05) is 12.0 Å². The number of esters is 1. The van der Waals surface area contributed by atoms with Gasteiger partial charge in [-0.3, -0.25) is 0 Å². The van der Waals surface area contributed by atoms with Crippen molar-refractivity contribution in [2.45, 2.75) is 52.4 Å². The summed E-state index contributed by atoms with van der Waals surface area (Å²) in [5.41, 5.74) is 6.34. The fraction of sp³-hybridized carbons (Fsp3) is 0.381. The van der Waals surface area contributed by atoms with E-state index in [1.165, 1.54) is 22.3 Å². The van der Waals surface area contributed by atoms with Gasteiger partial charge in [0.15, 0.2) is 0 Å². The number of ether oxygens (including phenoxy) is 1. The van der Waals surface area contributed by atoms with E-state index in [0.717, 1.165) is 49.9 Å². The Bertz CT molecular complexity index is 693. The molecule has 120 valence electrons. The van der Waals surface area contributed by atoms with Crippen LogP contribution in [0.3, 0.4) is 0 Å². The van der Waals surface area contributed by atoms with Crippen molar-refractivity contribution in [3.05, 3.63) is 70.1 Å². The van der Waals surface area contributed by atoms with Crippen molar-refractivity contribution >= 4 is 5.97 Å². The zero-order valence-corrected chi connectivity index (χ0v) is 14.0. The highest BCUT2D eigenvalue weighted by molar-refractivity contribution is 5.89. The van der Waals surface area contributed by atoms with Crippen LogP contribution in [0.1, 0.15) is 52.4 Å². The van der Waals surface area contributed by atoms with Gasteiger partial charge in [-0.2, -0.15) is 0 Å². The molecule has 0 aromatic heterocycles. The van der Waals surface area contributed by atoms with E-state index >= 15 is 0 Å². The highest BCUT2D eigenvalue weighted by Crippen LogP contribution is 2.31. The molecule has 0 amide bonds. The molecule has 3 rings (SSSR count). The Morgan fingerprint density at radius 3 is 1.87 bits per heavy atom. The largest absolute Gasteiger partial charge is 0.428 e. The maximum atomic E-state index is 12.2. The minimum atomic E-state index is -0.188. The predicted octanol–water partition coefficient (Wildman–Crippen LogP) is 5.47. The summed E-state index contributed by atoms with van der Waals surface area (Å²) in [5.74, 6) is 0.598. The zero-order valence-electron chi connectivity index (χ0n) is 14.0. The maximum absolute atomic E-state index is 12.2. The molecule has 2 heteroatoms. The Morgan fingerprint density at radius 2 is 1.35 bits per heavy atom. The van der Waals surface area contributed by atoms with Crippen LogP contribution in [0.2, 0.25) is 0 Å². The van der Waals surface area contributed by atoms with Gasteiger partial charge in [0.05, 0.1) is 0 Å². The van der Waals surface area contributed by atoms with Gasteiger partial charge in [0.25, 0.3) is 0 Å². The van der Waals surface area contributed by atoms with E-state index in [2.05, 4.69) is 32.1 Å². The number of hydrogen-bond acceptors (Lipinski definition) is 2. The molecule has 0 aromatic carbocycles. The van der Waals surface area contributed by atoms with Crippen LogP contribution in [0.15, 0.2) is 70.1 Å². The Balaban J connectivity index is 1.64. The summed E-state index contributed by atoms with van der Waals surface area (Å²) >= 11 is 0. The van der Waals surface area contributed by atoms with Crippen molar-refractivity contribution in [1.82, 2.24) is 0 Å². The third-order valence-corrected chi connectivity index (χ3v) is 4.73. The fourth-order valence-electron chi connectivity index (χ4n) is 3.08. The molecular weight excluding hydrogens is 284 g/mol. The molecule has 0 saturated heterocycles. The Labute approximate surface area is 138 Å². The molecule has 0 N–H and O–H groups in total. The van der Waals surface area contributed by atoms with Crippen molar-refractivity contribution < 1.29 is 9.53 Å². The molecule has 3 aliphatic carbocycles. The van der Waals surface area contributed by atoms with Crippen LogP contribution in [-0.4, -0.2) is 5.97 Å². The Hall–Kier alpha value is -2.09. The van der Waals surface area contributed by atoms with Gasteiger partial charge in [-0.1, -0.05) is 41.5 Å². The summed E-state index contributed by atoms with van der Waals surface area (Å²) in [6.07, 6.45) is 18.2. The van der Waals surface area contributed by atoms with E-state index in [1.54, 1.807) is 0 Å². The van der Waals surface area contributed by atoms with E-state index in [0.29, 0.717) is 0 Å². The van der Waals surface area contributed by atoms with Gasteiger partial charge in [-0.25, -0.2) is 4.79 Å². The molecule has 0 aliphatic heterocycles. The van der Waals surface area contributed by atoms with Crippen LogP contribution in [0, 0.1) is 0 Å². The van der Waals surface area contributed by atoms with E-state index in [1.807, 2.05) is 18.2 Å². The average Bonchev–Trinajstić information content (AvgIpc) is 2.57. The lowest BCUT2D eigenvalue weighted by atomic mass is 9.89. The Kier molecular flexibility index (Phi) is 4.80. The number of hydrogen-bond donors (Lipinski definition) is 0. The van der Waals surface area contributed by atoms with Gasteiger partial charge in [-0.05, 0) is 63.2 Å². The first-order valence-electron chi connectivity index (χ1n) is 8.47. The SMILES string of the molecule is CC1=CC=C(C(=O)OC2=CC=C(C3=CC=C(C)CC3)CC2)CC1. The van der Waals surface area contributed by atoms with Crippen molar-refractivity contribution in [3.63, 3.8) is 0 Å². The number of carbonyl (C=O) groups excluding carboxylic acids is 1. The second-order valence-electron chi connectivity index (χ2n) is 6.62. The minimum absolute atomic E-state index is 0.188. The first-order chi connectivity index (χ1) is 11.1. The highest BCUT2D eigenvalue weighted by atomic mass is 16.5. The number of carbonyl (C=O) groups is 1. The summed E-state index contributed by atoms with van der Waals surface area (Å²) < 4.78 is 5.57. The molecule has 0 unspecified atom stereocenters. The van der Waals surface area contributed by atoms with Crippen molar-refractivity contribution in [3.8, 4) is 0 Å². The van der Waals surface area contributed by atoms with Crippen LogP contribution >= 0.6 is 0 Å². The second kappa shape index (κ2) is 6.99. The van der Waals surface area contributed by atoms with Crippen LogP contribution < -0.4 is 0 Å². The first kappa shape index (κ1) is 15.8. The Morgan fingerprint density at radius 1 is 0.739 bits per heavy atom. The lowest BCUT2D eigenvalue weighted by molar-refractivity contribution is -0.135. The molecule has 0 atom stereocenters. The van der Waals surface area contributed by atoms with Gasteiger partial charge < -0.3 is 4.74 Å². The van der Waals surface area contributed by atoms with Crippen LogP contribution in [0.4, 0.5) is 0 Å². The highest BCUT2D eigenvalue weighted by Gasteiger charge is 2.18. The number of rotatable bonds is 3. The second-order valence-corrected chi connectivity index (χ2v) is 6.62. The molecule has 0 heterocycles. The maximum Gasteiger partial charge on any atom is 0.339 e. The molecule has 0 spiro atoms. The molecule has 0 radical (unpaired) electrons. The smallest absolute Gasteiger partial charge is 0.339 e. The van der Waals surface area contributed by atoms with Crippen LogP contribution in [0.25, 0.3) is 0 Å². The molecule has 23 heavy (non-hydrogen) atoms. The fourth-order valence-corrected chi connectivity index (χ4v) is 3.08. The molecule has 0 bridgehead atoms. The number of allylic oxidation sites excluding steroid dienone is 11. The van der Waals surface area contributed by atoms with E-state index < -0.39 is 0 Å². The van der Waals surface area contributed by atoms with Crippen molar-refractivity contribution in [2.75, 3.05) is 0 Å². The third kappa shape index (κ3) is 4.01. The summed E-state index contributed by atoms with van der Waals surface area (Å²) in [4.78, 5) is 12.2. The quantitative estimate of drug-likeness (QED) is 0.646. The van der Waals surface area contributed by atoms with Crippen LogP contribution in [-0.2, 0) is 9.53 Å². The molecule has 2 nitrogen and oxygen atoms in total. The zero-order chi connectivity index (χ0) is 16.2. The average molecular weight is 308 g/mol. The molecule has 0 aromatic rings. The molecule has 3 aliphatic rings. The predicted molar refractivity (Wildman–Crippen MR) is 93.6 cm³/mol. The first-order valence-corrected chi connectivity index (χ1v) is 8.47. The lowest BCUT2D eigenvalue weighted by Gasteiger charge is -2.20. The van der Waals surface area contributed by atoms with E-state index in [-0.39, 0.29) is 5.97 Å². The summed E-state index contributed by atoms with van der Waals surface area (Å²) in [6.45, 7) is 4.27. The van der Waals surface area contributed by atoms with Gasteiger partial charge in [0.2, 0.25) is 0 Å². The standard InChI is InChI=1S/C21H24O2/c1-15-3-7-17(8-4-15)18-11-13-20(14-12-18)23-21(22)19-9-5-16(2)6-10-19/h3,5,7,9,11,13H,4,6,8,10,12,14H2,1-2H3. The van der Waals surface area contributed by atoms with Crippen molar-refractivity contribution in [2.24, 2.45) is 0 Å². The monoisotopic (exact) mass is 308 g/mol. The molecule has 0 saturated carbocycles. The van der Waals surface area contributed by atoms with E-state index in [4.69, 9.17) is 4.74 Å². The minimum Gasteiger partial charge on any atom is -0.428 e. The normalized spacial score (nSPS) is 21.3. The van der Waals surface area contributed by atoms with E-state index in [9.17, 15) is 4.79 Å². The third-order valence-electron chi connectivity index (χ3n) is 4.73. The lowest BCUT2D eigenvalue weighted by Crippen LogP contribution is -2.11. The summed E-state index contributed by atoms with van der Waals surface area (Å²) in [6, 6.07) is 0. The topological polar surface area (TPSA) is 26.3 Å². The molecule has 0 fully saturated rings. The summed E-state index contributed by atoms with van der Waals surface area (Å²) in [7, 11) is 0. The molecular formula is C21H24O2. The van der Waals surface area contributed by atoms with Crippen LogP contribution in [0.5, 0.6) is 0 Å². The van der Waals surface area contributed by atoms with Crippen molar-refractivity contribution in [1.29, 1.82) is 0 Å².